The number of benzene rings is 1. The highest BCUT2D eigenvalue weighted by Crippen LogP contribution is 2.19. The van der Waals surface area contributed by atoms with Crippen LogP contribution in [-0.4, -0.2) is 52.8 Å². The SMILES string of the molecule is CCCn1cc(CN(C)CC2CCCN(CCc3ccccc3C)C2)c(C)n1. The van der Waals surface area contributed by atoms with Gasteiger partial charge in [0.2, 0.25) is 0 Å². The average molecular weight is 383 g/mol. The molecule has 0 N–H and O–H groups in total. The van der Waals surface area contributed by atoms with Crippen LogP contribution in [0.3, 0.4) is 0 Å². The van der Waals surface area contributed by atoms with Gasteiger partial charge in [-0.2, -0.15) is 5.10 Å². The molecule has 0 aliphatic carbocycles. The van der Waals surface area contributed by atoms with Crippen LogP contribution in [0.4, 0.5) is 0 Å². The number of aryl methyl sites for hydroxylation is 3. The topological polar surface area (TPSA) is 24.3 Å². The maximum absolute atomic E-state index is 4.65. The van der Waals surface area contributed by atoms with Crippen molar-refractivity contribution in [2.24, 2.45) is 5.92 Å². The summed E-state index contributed by atoms with van der Waals surface area (Å²) in [6, 6.07) is 8.82. The fourth-order valence-electron chi connectivity index (χ4n) is 4.53. The maximum atomic E-state index is 4.65. The van der Waals surface area contributed by atoms with Crippen molar-refractivity contribution in [3.05, 3.63) is 52.8 Å². The average Bonchev–Trinajstić information content (AvgIpc) is 3.00. The molecule has 1 aromatic carbocycles. The lowest BCUT2D eigenvalue weighted by Crippen LogP contribution is -2.40. The minimum atomic E-state index is 0.779. The highest BCUT2D eigenvalue weighted by molar-refractivity contribution is 5.25. The second-order valence-corrected chi connectivity index (χ2v) is 8.68. The van der Waals surface area contributed by atoms with Gasteiger partial charge in [-0.25, -0.2) is 0 Å². The number of hydrogen-bond donors (Lipinski definition) is 0. The van der Waals surface area contributed by atoms with Crippen molar-refractivity contribution in [2.45, 2.75) is 59.5 Å². The van der Waals surface area contributed by atoms with E-state index in [4.69, 9.17) is 0 Å². The summed E-state index contributed by atoms with van der Waals surface area (Å²) >= 11 is 0. The van der Waals surface area contributed by atoms with Gasteiger partial charge in [-0.05, 0) is 70.2 Å². The van der Waals surface area contributed by atoms with E-state index in [0.29, 0.717) is 0 Å². The molecule has 28 heavy (non-hydrogen) atoms. The van der Waals surface area contributed by atoms with Crippen LogP contribution in [0, 0.1) is 19.8 Å². The Morgan fingerprint density at radius 1 is 1.14 bits per heavy atom. The summed E-state index contributed by atoms with van der Waals surface area (Å²) in [6.45, 7) is 13.5. The van der Waals surface area contributed by atoms with E-state index in [1.165, 1.54) is 67.8 Å². The van der Waals surface area contributed by atoms with Gasteiger partial charge in [0.15, 0.2) is 0 Å². The maximum Gasteiger partial charge on any atom is 0.0638 e. The zero-order chi connectivity index (χ0) is 19.9. The molecule has 0 amide bonds. The summed E-state index contributed by atoms with van der Waals surface area (Å²) in [5.74, 6) is 0.779. The molecule has 3 rings (SSSR count). The van der Waals surface area contributed by atoms with Crippen molar-refractivity contribution in [2.75, 3.05) is 33.2 Å². The van der Waals surface area contributed by atoms with E-state index in [-0.39, 0.29) is 0 Å². The summed E-state index contributed by atoms with van der Waals surface area (Å²) in [7, 11) is 2.27. The van der Waals surface area contributed by atoms with Crippen LogP contribution in [0.15, 0.2) is 30.5 Å². The summed E-state index contributed by atoms with van der Waals surface area (Å²) in [5, 5.41) is 4.65. The lowest BCUT2D eigenvalue weighted by Gasteiger charge is -2.34. The quantitative estimate of drug-likeness (QED) is 0.646. The number of likely N-dealkylation sites (tertiary alicyclic amines) is 1. The van der Waals surface area contributed by atoms with E-state index in [0.717, 1.165) is 25.4 Å². The van der Waals surface area contributed by atoms with Gasteiger partial charge < -0.3 is 9.80 Å². The molecule has 2 heterocycles. The second kappa shape index (κ2) is 10.2. The molecule has 1 atom stereocenters. The Morgan fingerprint density at radius 3 is 2.75 bits per heavy atom. The lowest BCUT2D eigenvalue weighted by molar-refractivity contribution is 0.142. The zero-order valence-electron chi connectivity index (χ0n) is 18.3. The third kappa shape index (κ3) is 5.92. The number of hydrogen-bond acceptors (Lipinski definition) is 3. The van der Waals surface area contributed by atoms with E-state index in [9.17, 15) is 0 Å². The van der Waals surface area contributed by atoms with E-state index < -0.39 is 0 Å². The van der Waals surface area contributed by atoms with Gasteiger partial charge in [0, 0.05) is 44.5 Å². The molecule has 0 spiro atoms. The summed E-state index contributed by atoms with van der Waals surface area (Å²) in [6.07, 6.45) is 7.24. The largest absolute Gasteiger partial charge is 0.303 e. The van der Waals surface area contributed by atoms with E-state index >= 15 is 0 Å². The Labute approximate surface area is 171 Å². The van der Waals surface area contributed by atoms with E-state index in [1.54, 1.807) is 0 Å². The van der Waals surface area contributed by atoms with Crippen molar-refractivity contribution in [3.63, 3.8) is 0 Å². The summed E-state index contributed by atoms with van der Waals surface area (Å²) < 4.78 is 2.10. The molecule has 1 unspecified atom stereocenters. The number of aromatic nitrogens is 2. The Kier molecular flexibility index (Phi) is 7.69. The molecule has 154 valence electrons. The molecule has 4 heteroatoms. The first kappa shape index (κ1) is 21.1. The first-order valence-corrected chi connectivity index (χ1v) is 11.0. The van der Waals surface area contributed by atoms with Gasteiger partial charge in [-0.1, -0.05) is 31.2 Å². The Balaban J connectivity index is 1.47. The van der Waals surface area contributed by atoms with Crippen molar-refractivity contribution in [1.82, 2.24) is 19.6 Å². The minimum absolute atomic E-state index is 0.779. The Bertz CT molecular complexity index is 736. The van der Waals surface area contributed by atoms with Crippen molar-refractivity contribution >= 4 is 0 Å². The summed E-state index contributed by atoms with van der Waals surface area (Å²) in [4.78, 5) is 5.18. The fraction of sp³-hybridized carbons (Fsp3) is 0.625. The Hall–Kier alpha value is -1.65. The minimum Gasteiger partial charge on any atom is -0.303 e. The van der Waals surface area contributed by atoms with Crippen LogP contribution in [0.5, 0.6) is 0 Å². The van der Waals surface area contributed by atoms with E-state index in [2.05, 4.69) is 77.9 Å². The standard InChI is InChI=1S/C24H38N4/c1-5-13-28-19-24(21(3)25-28)18-26(4)16-22-10-8-14-27(17-22)15-12-23-11-7-6-9-20(23)2/h6-7,9,11,19,22H,5,8,10,12-18H2,1-4H3. The van der Waals surface area contributed by atoms with Crippen molar-refractivity contribution < 1.29 is 0 Å². The van der Waals surface area contributed by atoms with Gasteiger partial charge in [-0.3, -0.25) is 4.68 Å². The third-order valence-electron chi connectivity index (χ3n) is 6.07. The molecule has 2 aromatic rings. The molecule has 0 saturated carbocycles. The number of rotatable bonds is 9. The van der Waals surface area contributed by atoms with Gasteiger partial charge >= 0.3 is 0 Å². The number of piperidine rings is 1. The molecule has 1 aromatic heterocycles. The third-order valence-corrected chi connectivity index (χ3v) is 6.07. The molecular weight excluding hydrogens is 344 g/mol. The predicted octanol–water partition coefficient (Wildman–Crippen LogP) is 4.30. The van der Waals surface area contributed by atoms with Crippen molar-refractivity contribution in [1.29, 1.82) is 0 Å². The van der Waals surface area contributed by atoms with Crippen LogP contribution in [0.1, 0.15) is 48.6 Å². The fourth-order valence-corrected chi connectivity index (χ4v) is 4.53. The number of nitrogens with zero attached hydrogens (tertiary/aromatic N) is 4. The van der Waals surface area contributed by atoms with Crippen LogP contribution in [0.25, 0.3) is 0 Å². The second-order valence-electron chi connectivity index (χ2n) is 8.68. The van der Waals surface area contributed by atoms with Gasteiger partial charge in [0.05, 0.1) is 5.69 Å². The highest BCUT2D eigenvalue weighted by atomic mass is 15.3. The summed E-state index contributed by atoms with van der Waals surface area (Å²) in [5.41, 5.74) is 5.49. The molecule has 1 aliphatic heterocycles. The molecule has 1 saturated heterocycles. The first-order valence-electron chi connectivity index (χ1n) is 11.0. The normalized spacial score (nSPS) is 18.1. The van der Waals surface area contributed by atoms with Crippen LogP contribution >= 0.6 is 0 Å². The van der Waals surface area contributed by atoms with E-state index in [1.807, 2.05) is 0 Å². The van der Waals surface area contributed by atoms with Gasteiger partial charge in [0.1, 0.15) is 0 Å². The molecule has 1 fully saturated rings. The lowest BCUT2D eigenvalue weighted by atomic mass is 9.96. The molecule has 0 bridgehead atoms. The zero-order valence-corrected chi connectivity index (χ0v) is 18.3. The van der Waals surface area contributed by atoms with Crippen molar-refractivity contribution in [3.8, 4) is 0 Å². The van der Waals surface area contributed by atoms with Crippen LogP contribution in [0.2, 0.25) is 0 Å². The van der Waals surface area contributed by atoms with Gasteiger partial charge in [0.25, 0.3) is 0 Å². The van der Waals surface area contributed by atoms with Gasteiger partial charge in [-0.15, -0.1) is 0 Å². The van der Waals surface area contributed by atoms with Crippen LogP contribution < -0.4 is 0 Å². The molecule has 4 nitrogen and oxygen atoms in total. The predicted molar refractivity (Wildman–Crippen MR) is 118 cm³/mol. The molecule has 0 radical (unpaired) electrons. The molecular formula is C24H38N4. The smallest absolute Gasteiger partial charge is 0.0638 e. The monoisotopic (exact) mass is 382 g/mol. The molecule has 1 aliphatic rings. The Morgan fingerprint density at radius 2 is 1.96 bits per heavy atom. The van der Waals surface area contributed by atoms with Crippen LogP contribution in [-0.2, 0) is 19.5 Å². The highest BCUT2D eigenvalue weighted by Gasteiger charge is 2.21. The first-order chi connectivity index (χ1) is 13.5.